The van der Waals surface area contributed by atoms with Crippen molar-refractivity contribution >= 4 is 0 Å². The normalized spacial score (nSPS) is 28.9. The molecule has 19 heavy (non-hydrogen) atoms. The molecule has 3 atom stereocenters. The van der Waals surface area contributed by atoms with E-state index in [9.17, 15) is 5.11 Å². The van der Waals surface area contributed by atoms with E-state index in [0.717, 1.165) is 17.9 Å². The number of hydrogen-bond donors (Lipinski definition) is 2. The van der Waals surface area contributed by atoms with Crippen molar-refractivity contribution in [1.29, 1.82) is 0 Å². The number of phenols is 1. The SMILES string of the molecule is Oc1cccc(-c2noc(C3CC4CCC3N4)n2)c1. The van der Waals surface area contributed by atoms with Gasteiger partial charge < -0.3 is 14.9 Å². The van der Waals surface area contributed by atoms with Crippen LogP contribution in [0.2, 0.25) is 0 Å². The largest absolute Gasteiger partial charge is 0.508 e. The third-order valence-electron chi connectivity index (χ3n) is 4.16. The van der Waals surface area contributed by atoms with Crippen LogP contribution in [0.3, 0.4) is 0 Å². The monoisotopic (exact) mass is 257 g/mol. The van der Waals surface area contributed by atoms with Gasteiger partial charge in [-0.2, -0.15) is 4.98 Å². The van der Waals surface area contributed by atoms with Crippen LogP contribution in [0.1, 0.15) is 31.1 Å². The van der Waals surface area contributed by atoms with Crippen LogP contribution in [0.25, 0.3) is 11.4 Å². The number of nitrogens with zero attached hydrogens (tertiary/aromatic N) is 2. The molecule has 2 aromatic rings. The molecule has 3 heterocycles. The summed E-state index contributed by atoms with van der Waals surface area (Å²) in [5, 5.41) is 17.1. The van der Waals surface area contributed by atoms with E-state index >= 15 is 0 Å². The fourth-order valence-electron chi connectivity index (χ4n) is 3.25. The van der Waals surface area contributed by atoms with Gasteiger partial charge in [-0.15, -0.1) is 0 Å². The topological polar surface area (TPSA) is 71.2 Å². The Morgan fingerprint density at radius 2 is 2.26 bits per heavy atom. The molecule has 5 heteroatoms. The summed E-state index contributed by atoms with van der Waals surface area (Å²) in [6.07, 6.45) is 3.54. The van der Waals surface area contributed by atoms with Crippen LogP contribution in [0.5, 0.6) is 5.75 Å². The lowest BCUT2D eigenvalue weighted by molar-refractivity contribution is 0.329. The molecule has 98 valence electrons. The predicted molar refractivity (Wildman–Crippen MR) is 68.7 cm³/mol. The van der Waals surface area contributed by atoms with E-state index in [-0.39, 0.29) is 5.75 Å². The van der Waals surface area contributed by atoms with Gasteiger partial charge in [-0.1, -0.05) is 17.3 Å². The lowest BCUT2D eigenvalue weighted by atomic mass is 9.89. The molecule has 0 saturated carbocycles. The van der Waals surface area contributed by atoms with E-state index in [4.69, 9.17) is 4.52 Å². The number of rotatable bonds is 2. The first kappa shape index (κ1) is 11.0. The minimum absolute atomic E-state index is 0.213. The average Bonchev–Trinajstić information content (AvgIpc) is 3.14. The molecule has 2 fully saturated rings. The van der Waals surface area contributed by atoms with E-state index in [0.29, 0.717) is 23.8 Å². The molecule has 2 saturated heterocycles. The fourth-order valence-corrected chi connectivity index (χ4v) is 3.25. The molecule has 5 nitrogen and oxygen atoms in total. The van der Waals surface area contributed by atoms with Crippen molar-refractivity contribution in [3.05, 3.63) is 30.2 Å². The van der Waals surface area contributed by atoms with Gasteiger partial charge in [0.05, 0.1) is 5.92 Å². The van der Waals surface area contributed by atoms with Gasteiger partial charge in [-0.25, -0.2) is 0 Å². The number of aromatic nitrogens is 2. The van der Waals surface area contributed by atoms with Gasteiger partial charge >= 0.3 is 0 Å². The zero-order chi connectivity index (χ0) is 12.8. The van der Waals surface area contributed by atoms with E-state index in [1.165, 1.54) is 12.8 Å². The van der Waals surface area contributed by atoms with E-state index in [2.05, 4.69) is 15.5 Å². The third kappa shape index (κ3) is 1.81. The molecule has 4 rings (SSSR count). The Labute approximate surface area is 110 Å². The first-order valence-corrected chi connectivity index (χ1v) is 6.68. The Balaban J connectivity index is 1.63. The summed E-state index contributed by atoms with van der Waals surface area (Å²) in [6.45, 7) is 0. The van der Waals surface area contributed by atoms with E-state index in [1.807, 2.05) is 6.07 Å². The van der Waals surface area contributed by atoms with E-state index in [1.54, 1.807) is 18.2 Å². The van der Waals surface area contributed by atoms with Crippen LogP contribution in [0.4, 0.5) is 0 Å². The lowest BCUT2D eigenvalue weighted by Gasteiger charge is -2.15. The molecule has 1 aromatic heterocycles. The average molecular weight is 257 g/mol. The molecule has 0 radical (unpaired) electrons. The highest BCUT2D eigenvalue weighted by Crippen LogP contribution is 2.39. The Kier molecular flexibility index (Phi) is 2.35. The maximum Gasteiger partial charge on any atom is 0.231 e. The summed E-state index contributed by atoms with van der Waals surface area (Å²) in [5.41, 5.74) is 0.783. The van der Waals surface area contributed by atoms with Crippen molar-refractivity contribution in [3.63, 3.8) is 0 Å². The third-order valence-corrected chi connectivity index (χ3v) is 4.16. The molecule has 0 spiro atoms. The van der Waals surface area contributed by atoms with Gasteiger partial charge in [-0.05, 0) is 31.4 Å². The molecule has 0 aliphatic carbocycles. The second-order valence-corrected chi connectivity index (χ2v) is 5.40. The van der Waals surface area contributed by atoms with Crippen LogP contribution >= 0.6 is 0 Å². The Hall–Kier alpha value is -1.88. The van der Waals surface area contributed by atoms with Crippen molar-refractivity contribution in [2.45, 2.75) is 37.3 Å². The van der Waals surface area contributed by atoms with Crippen LogP contribution in [-0.2, 0) is 0 Å². The second-order valence-electron chi connectivity index (χ2n) is 5.40. The van der Waals surface area contributed by atoms with E-state index < -0.39 is 0 Å². The molecular formula is C14H15N3O2. The highest BCUT2D eigenvalue weighted by Gasteiger charge is 2.42. The molecule has 3 unspecified atom stereocenters. The molecule has 2 bridgehead atoms. The molecule has 2 aliphatic rings. The zero-order valence-electron chi connectivity index (χ0n) is 10.4. The highest BCUT2D eigenvalue weighted by molar-refractivity contribution is 5.56. The standard InChI is InChI=1S/C14H15N3O2/c18-10-3-1-2-8(6-10)13-16-14(19-17-13)11-7-9-4-5-12(11)15-9/h1-3,6,9,11-12,15,18H,4-5,7H2. The number of nitrogens with one attached hydrogen (secondary N) is 1. The molecular weight excluding hydrogens is 242 g/mol. The Morgan fingerprint density at radius 3 is 3.00 bits per heavy atom. The second kappa shape index (κ2) is 4.06. The summed E-state index contributed by atoms with van der Waals surface area (Å²) >= 11 is 0. The van der Waals surface area contributed by atoms with Gasteiger partial charge in [0, 0.05) is 17.6 Å². The molecule has 1 aromatic carbocycles. The summed E-state index contributed by atoms with van der Waals surface area (Å²) in [4.78, 5) is 4.49. The van der Waals surface area contributed by atoms with Crippen molar-refractivity contribution in [1.82, 2.24) is 15.5 Å². The van der Waals surface area contributed by atoms with Crippen LogP contribution in [-0.4, -0.2) is 27.3 Å². The van der Waals surface area contributed by atoms with Gasteiger partial charge in [0.25, 0.3) is 0 Å². The van der Waals surface area contributed by atoms with Gasteiger partial charge in [0.15, 0.2) is 0 Å². The zero-order valence-corrected chi connectivity index (χ0v) is 10.4. The van der Waals surface area contributed by atoms with Crippen LogP contribution in [0, 0.1) is 0 Å². The van der Waals surface area contributed by atoms with Gasteiger partial charge in [0.2, 0.25) is 11.7 Å². The maximum atomic E-state index is 9.48. The maximum absolute atomic E-state index is 9.48. The highest BCUT2D eigenvalue weighted by atomic mass is 16.5. The quantitative estimate of drug-likeness (QED) is 0.861. The first-order chi connectivity index (χ1) is 9.29. The number of benzene rings is 1. The number of fused-ring (bicyclic) bond motifs is 2. The van der Waals surface area contributed by atoms with Gasteiger partial charge in [-0.3, -0.25) is 0 Å². The molecule has 2 aliphatic heterocycles. The summed E-state index contributed by atoms with van der Waals surface area (Å²) in [7, 11) is 0. The number of aromatic hydroxyl groups is 1. The van der Waals surface area contributed by atoms with Crippen molar-refractivity contribution < 1.29 is 9.63 Å². The number of hydrogen-bond acceptors (Lipinski definition) is 5. The summed E-state index contributed by atoms with van der Waals surface area (Å²) in [6, 6.07) is 8.03. The summed E-state index contributed by atoms with van der Waals surface area (Å²) < 4.78 is 5.41. The minimum atomic E-state index is 0.213. The number of phenolic OH excluding ortho intramolecular Hbond substituents is 1. The predicted octanol–water partition coefficient (Wildman–Crippen LogP) is 2.05. The Bertz CT molecular complexity index is 610. The Morgan fingerprint density at radius 1 is 1.32 bits per heavy atom. The molecule has 0 amide bonds. The van der Waals surface area contributed by atoms with Crippen LogP contribution < -0.4 is 5.32 Å². The van der Waals surface area contributed by atoms with Crippen molar-refractivity contribution in [2.24, 2.45) is 0 Å². The van der Waals surface area contributed by atoms with Crippen molar-refractivity contribution in [3.8, 4) is 17.1 Å². The summed E-state index contributed by atoms with van der Waals surface area (Å²) in [5.74, 6) is 1.83. The lowest BCUT2D eigenvalue weighted by Crippen LogP contribution is -2.21. The molecule has 2 N–H and O–H groups in total. The smallest absolute Gasteiger partial charge is 0.231 e. The fraction of sp³-hybridized carbons (Fsp3) is 0.429. The van der Waals surface area contributed by atoms with Crippen molar-refractivity contribution in [2.75, 3.05) is 0 Å². The minimum Gasteiger partial charge on any atom is -0.508 e. The van der Waals surface area contributed by atoms with Gasteiger partial charge in [0.1, 0.15) is 5.75 Å². The first-order valence-electron chi connectivity index (χ1n) is 6.68. The van der Waals surface area contributed by atoms with Crippen LogP contribution in [0.15, 0.2) is 28.8 Å².